The summed E-state index contributed by atoms with van der Waals surface area (Å²) < 4.78 is 6.78. The molecule has 2 aromatic rings. The third kappa shape index (κ3) is 3.96. The summed E-state index contributed by atoms with van der Waals surface area (Å²) >= 11 is 5.13. The Bertz CT molecular complexity index is 546. The standard InChI is InChI=1S/C14H15BrN2OS/c1-16-8-10-7-11(15)9-17-14(10)18-12-3-5-13(19-2)6-4-12/h3-7,9,16H,8H2,1-2H3. The first-order chi connectivity index (χ1) is 9.22. The smallest absolute Gasteiger partial charge is 0.223 e. The minimum absolute atomic E-state index is 0.634. The maximum Gasteiger partial charge on any atom is 0.223 e. The highest BCUT2D eigenvalue weighted by molar-refractivity contribution is 9.10. The Morgan fingerprint density at radius 1 is 1.32 bits per heavy atom. The number of hydrogen-bond donors (Lipinski definition) is 1. The van der Waals surface area contributed by atoms with E-state index in [9.17, 15) is 0 Å². The first-order valence-corrected chi connectivity index (χ1v) is 7.85. The minimum atomic E-state index is 0.634. The molecule has 3 nitrogen and oxygen atoms in total. The second kappa shape index (κ2) is 6.93. The van der Waals surface area contributed by atoms with Crippen LogP contribution in [0.25, 0.3) is 0 Å². The van der Waals surface area contributed by atoms with Crippen molar-refractivity contribution in [2.24, 2.45) is 0 Å². The Hall–Kier alpha value is -1.04. The van der Waals surface area contributed by atoms with E-state index < -0.39 is 0 Å². The molecular weight excluding hydrogens is 324 g/mol. The molecule has 0 saturated heterocycles. The van der Waals surface area contributed by atoms with Crippen molar-refractivity contribution in [3.63, 3.8) is 0 Å². The summed E-state index contributed by atoms with van der Waals surface area (Å²) in [4.78, 5) is 5.53. The topological polar surface area (TPSA) is 34.2 Å². The molecule has 0 saturated carbocycles. The highest BCUT2D eigenvalue weighted by atomic mass is 79.9. The summed E-state index contributed by atoms with van der Waals surface area (Å²) in [6.45, 7) is 0.713. The Balaban J connectivity index is 2.21. The number of pyridine rings is 1. The minimum Gasteiger partial charge on any atom is -0.439 e. The Morgan fingerprint density at radius 3 is 2.68 bits per heavy atom. The lowest BCUT2D eigenvalue weighted by atomic mass is 10.2. The van der Waals surface area contributed by atoms with E-state index >= 15 is 0 Å². The van der Waals surface area contributed by atoms with Crippen molar-refractivity contribution in [2.45, 2.75) is 11.4 Å². The van der Waals surface area contributed by atoms with Crippen LogP contribution in [0.3, 0.4) is 0 Å². The van der Waals surface area contributed by atoms with Crippen LogP contribution >= 0.6 is 27.7 Å². The van der Waals surface area contributed by atoms with Crippen LogP contribution < -0.4 is 10.1 Å². The molecule has 0 atom stereocenters. The van der Waals surface area contributed by atoms with Crippen molar-refractivity contribution in [1.82, 2.24) is 10.3 Å². The van der Waals surface area contributed by atoms with Crippen LogP contribution in [0.4, 0.5) is 0 Å². The molecule has 100 valence electrons. The summed E-state index contributed by atoms with van der Waals surface area (Å²) in [5.74, 6) is 1.43. The molecule has 1 heterocycles. The molecular formula is C14H15BrN2OS. The molecule has 0 aliphatic heterocycles. The summed E-state index contributed by atoms with van der Waals surface area (Å²) in [6.07, 6.45) is 3.79. The number of nitrogens with zero attached hydrogens (tertiary/aromatic N) is 1. The molecule has 1 N–H and O–H groups in total. The largest absolute Gasteiger partial charge is 0.439 e. The van der Waals surface area contributed by atoms with E-state index in [4.69, 9.17) is 4.74 Å². The fraction of sp³-hybridized carbons (Fsp3) is 0.214. The number of thioether (sulfide) groups is 1. The summed E-state index contributed by atoms with van der Waals surface area (Å²) in [5.41, 5.74) is 1.02. The van der Waals surface area contributed by atoms with Crippen molar-refractivity contribution >= 4 is 27.7 Å². The molecule has 1 aromatic heterocycles. The average molecular weight is 339 g/mol. The Morgan fingerprint density at radius 2 is 2.05 bits per heavy atom. The van der Waals surface area contributed by atoms with Crippen LogP contribution in [0.5, 0.6) is 11.6 Å². The van der Waals surface area contributed by atoms with Gasteiger partial charge in [0.1, 0.15) is 5.75 Å². The SMILES string of the molecule is CNCc1cc(Br)cnc1Oc1ccc(SC)cc1. The molecule has 0 radical (unpaired) electrons. The molecule has 2 rings (SSSR count). The second-order valence-corrected chi connectivity index (χ2v) is 5.72. The van der Waals surface area contributed by atoms with Gasteiger partial charge in [0.15, 0.2) is 0 Å². The van der Waals surface area contributed by atoms with E-state index in [1.54, 1.807) is 18.0 Å². The maximum absolute atomic E-state index is 5.84. The van der Waals surface area contributed by atoms with E-state index in [1.165, 1.54) is 4.90 Å². The number of rotatable bonds is 5. The molecule has 0 unspecified atom stereocenters. The summed E-state index contributed by atoms with van der Waals surface area (Å²) in [6, 6.07) is 10.00. The van der Waals surface area contributed by atoms with E-state index in [1.807, 2.05) is 37.4 Å². The van der Waals surface area contributed by atoms with Gasteiger partial charge < -0.3 is 10.1 Å². The van der Waals surface area contributed by atoms with Crippen LogP contribution in [0.2, 0.25) is 0 Å². The van der Waals surface area contributed by atoms with Crippen LogP contribution in [0.1, 0.15) is 5.56 Å². The van der Waals surface area contributed by atoms with E-state index in [2.05, 4.69) is 32.5 Å². The van der Waals surface area contributed by atoms with Gasteiger partial charge in [-0.2, -0.15) is 0 Å². The zero-order chi connectivity index (χ0) is 13.7. The molecule has 5 heteroatoms. The van der Waals surface area contributed by atoms with Gasteiger partial charge in [0.05, 0.1) is 0 Å². The summed E-state index contributed by atoms with van der Waals surface area (Å²) in [7, 11) is 1.90. The lowest BCUT2D eigenvalue weighted by Gasteiger charge is -2.10. The van der Waals surface area contributed by atoms with E-state index in [-0.39, 0.29) is 0 Å². The molecule has 0 fully saturated rings. The van der Waals surface area contributed by atoms with Crippen molar-refractivity contribution < 1.29 is 4.74 Å². The molecule has 0 aliphatic rings. The Kier molecular flexibility index (Phi) is 5.24. The lowest BCUT2D eigenvalue weighted by Crippen LogP contribution is -2.07. The normalized spacial score (nSPS) is 10.5. The van der Waals surface area contributed by atoms with Crippen LogP contribution in [0.15, 0.2) is 45.9 Å². The van der Waals surface area contributed by atoms with E-state index in [0.29, 0.717) is 12.4 Å². The number of aromatic nitrogens is 1. The zero-order valence-corrected chi connectivity index (χ0v) is 13.2. The first-order valence-electron chi connectivity index (χ1n) is 5.84. The fourth-order valence-electron chi connectivity index (χ4n) is 1.63. The predicted octanol–water partition coefficient (Wildman–Crippen LogP) is 4.08. The Labute approximate surface area is 125 Å². The van der Waals surface area contributed by atoms with Gasteiger partial charge in [-0.05, 0) is 59.6 Å². The molecule has 1 aromatic carbocycles. The number of nitrogens with one attached hydrogen (secondary N) is 1. The van der Waals surface area contributed by atoms with E-state index in [0.717, 1.165) is 15.8 Å². The first kappa shape index (κ1) is 14.4. The molecule has 0 bridgehead atoms. The van der Waals surface area contributed by atoms with Gasteiger partial charge in [0, 0.05) is 27.7 Å². The van der Waals surface area contributed by atoms with Gasteiger partial charge in [-0.3, -0.25) is 0 Å². The number of hydrogen-bond acceptors (Lipinski definition) is 4. The highest BCUT2D eigenvalue weighted by Gasteiger charge is 2.07. The molecule has 0 aliphatic carbocycles. The number of halogens is 1. The van der Waals surface area contributed by atoms with Gasteiger partial charge in [0.2, 0.25) is 5.88 Å². The van der Waals surface area contributed by atoms with Crippen molar-refractivity contribution in [1.29, 1.82) is 0 Å². The predicted molar refractivity (Wildman–Crippen MR) is 83.0 cm³/mol. The van der Waals surface area contributed by atoms with Gasteiger partial charge in [-0.1, -0.05) is 0 Å². The van der Waals surface area contributed by atoms with Crippen molar-refractivity contribution in [2.75, 3.05) is 13.3 Å². The van der Waals surface area contributed by atoms with Crippen molar-refractivity contribution in [3.8, 4) is 11.6 Å². The fourth-order valence-corrected chi connectivity index (χ4v) is 2.42. The van der Waals surface area contributed by atoms with Crippen LogP contribution in [0, 0.1) is 0 Å². The second-order valence-electron chi connectivity index (χ2n) is 3.93. The number of benzene rings is 1. The average Bonchev–Trinajstić information content (AvgIpc) is 2.43. The molecule has 0 amide bonds. The quantitative estimate of drug-likeness (QED) is 0.833. The molecule has 0 spiro atoms. The van der Waals surface area contributed by atoms with Crippen LogP contribution in [-0.2, 0) is 6.54 Å². The zero-order valence-electron chi connectivity index (χ0n) is 10.8. The number of ether oxygens (including phenoxy) is 1. The van der Waals surface area contributed by atoms with Gasteiger partial charge in [-0.25, -0.2) is 4.98 Å². The van der Waals surface area contributed by atoms with Crippen LogP contribution in [-0.4, -0.2) is 18.3 Å². The van der Waals surface area contributed by atoms with Gasteiger partial charge >= 0.3 is 0 Å². The van der Waals surface area contributed by atoms with Gasteiger partial charge in [-0.15, -0.1) is 11.8 Å². The third-order valence-corrected chi connectivity index (χ3v) is 3.71. The highest BCUT2D eigenvalue weighted by Crippen LogP contribution is 2.27. The maximum atomic E-state index is 5.84. The molecule has 19 heavy (non-hydrogen) atoms. The van der Waals surface area contributed by atoms with Gasteiger partial charge in [0.25, 0.3) is 0 Å². The van der Waals surface area contributed by atoms with Crippen molar-refractivity contribution in [3.05, 3.63) is 46.6 Å². The monoisotopic (exact) mass is 338 g/mol. The lowest BCUT2D eigenvalue weighted by molar-refractivity contribution is 0.453. The summed E-state index contributed by atoms with van der Waals surface area (Å²) in [5, 5.41) is 3.11. The third-order valence-electron chi connectivity index (χ3n) is 2.53.